The Bertz CT molecular complexity index is 671. The summed E-state index contributed by atoms with van der Waals surface area (Å²) in [6.07, 6.45) is 8.83. The van der Waals surface area contributed by atoms with Crippen LogP contribution >= 0.6 is 0 Å². The molecule has 2 heterocycles. The molecule has 3 fully saturated rings. The molecule has 4 unspecified atom stereocenters. The molecule has 2 saturated heterocycles. The number of hydrogen-bond acceptors (Lipinski definition) is 6. The van der Waals surface area contributed by atoms with Crippen molar-refractivity contribution in [2.24, 2.45) is 45.6 Å². The number of rotatable bonds is 3. The molecule has 10 nitrogen and oxygen atoms in total. The van der Waals surface area contributed by atoms with E-state index in [1.165, 1.54) is 6.42 Å². The number of hydrogen-bond donors (Lipinski definition) is 8. The van der Waals surface area contributed by atoms with Gasteiger partial charge in [-0.2, -0.15) is 0 Å². The van der Waals surface area contributed by atoms with Gasteiger partial charge < -0.3 is 33.6 Å². The zero-order chi connectivity index (χ0) is 25.9. The summed E-state index contributed by atoms with van der Waals surface area (Å²) in [5.74, 6) is -0.950. The Labute approximate surface area is 204 Å². The molecule has 0 radical (unpaired) electrons. The van der Waals surface area contributed by atoms with Gasteiger partial charge in [-0.1, -0.05) is 33.6 Å². The van der Waals surface area contributed by atoms with Crippen LogP contribution in [0.4, 0.5) is 0 Å². The maximum absolute atomic E-state index is 11.1. The van der Waals surface area contributed by atoms with Gasteiger partial charge in [-0.15, -0.1) is 0 Å². The first kappa shape index (κ1) is 29.8. The Hall–Kier alpha value is -2.20. The van der Waals surface area contributed by atoms with Crippen molar-refractivity contribution in [3.63, 3.8) is 0 Å². The van der Waals surface area contributed by atoms with Crippen molar-refractivity contribution in [2.75, 3.05) is 19.6 Å². The van der Waals surface area contributed by atoms with Crippen LogP contribution in [0.25, 0.3) is 0 Å². The van der Waals surface area contributed by atoms with E-state index < -0.39 is 0 Å². The quantitative estimate of drug-likeness (QED) is 0.219. The second-order valence-corrected chi connectivity index (χ2v) is 11.1. The summed E-state index contributed by atoms with van der Waals surface area (Å²) in [4.78, 5) is 22.2. The summed E-state index contributed by atoms with van der Waals surface area (Å²) in [6.45, 7) is 9.06. The normalized spacial score (nSPS) is 31.0. The zero-order valence-corrected chi connectivity index (χ0v) is 21.3. The Kier molecular flexibility index (Phi) is 12.0. The fourth-order valence-electron chi connectivity index (χ4n) is 5.34. The molecule has 34 heavy (non-hydrogen) atoms. The molecular weight excluding hydrogens is 432 g/mol. The first-order valence-corrected chi connectivity index (χ1v) is 12.5. The van der Waals surface area contributed by atoms with Crippen molar-refractivity contribution in [1.82, 2.24) is 10.6 Å². The molecule has 2 aliphatic heterocycles. The standard InChI is InChI=1S/C10H22N2.2C7H13N3O/c1-9(2)4-8(12)5-10(3,6-9)7-11;2*8-6(9)5-3-1-2-4-10-7(5)11/h8H,4-7,11-12H2,1-3H3;2*5H,1-4H2,(H3,8,9)(H,10,11). The summed E-state index contributed by atoms with van der Waals surface area (Å²) in [7, 11) is 0. The minimum absolute atomic E-state index is 0.00981. The highest BCUT2D eigenvalue weighted by Gasteiger charge is 2.38. The molecule has 1 saturated carbocycles. The van der Waals surface area contributed by atoms with E-state index in [0.29, 0.717) is 11.5 Å². The maximum Gasteiger partial charge on any atom is 0.230 e. The van der Waals surface area contributed by atoms with Gasteiger partial charge >= 0.3 is 0 Å². The minimum Gasteiger partial charge on any atom is -0.387 e. The molecule has 0 bridgehead atoms. The van der Waals surface area contributed by atoms with E-state index in [1.807, 2.05) is 0 Å². The fourth-order valence-corrected chi connectivity index (χ4v) is 5.34. The molecular formula is C24H48N8O2. The number of nitrogens with two attached hydrogens (primary N) is 4. The van der Waals surface area contributed by atoms with E-state index in [2.05, 4.69) is 31.4 Å². The Morgan fingerprint density at radius 1 is 0.882 bits per heavy atom. The molecule has 0 aromatic heterocycles. The predicted molar refractivity (Wildman–Crippen MR) is 137 cm³/mol. The number of amidine groups is 2. The van der Waals surface area contributed by atoms with Crippen LogP contribution in [0.5, 0.6) is 0 Å². The van der Waals surface area contributed by atoms with Gasteiger partial charge in [-0.25, -0.2) is 0 Å². The summed E-state index contributed by atoms with van der Waals surface area (Å²) in [5.41, 5.74) is 22.9. The van der Waals surface area contributed by atoms with Crippen LogP contribution in [0, 0.1) is 33.5 Å². The van der Waals surface area contributed by atoms with Crippen LogP contribution in [0.1, 0.15) is 78.6 Å². The fraction of sp³-hybridized carbons (Fsp3) is 0.833. The van der Waals surface area contributed by atoms with Crippen molar-refractivity contribution >= 4 is 23.5 Å². The third kappa shape index (κ3) is 10.4. The minimum atomic E-state index is -0.377. The molecule has 2 amide bonds. The van der Waals surface area contributed by atoms with Crippen LogP contribution in [0.2, 0.25) is 0 Å². The van der Waals surface area contributed by atoms with Crippen molar-refractivity contribution < 1.29 is 9.59 Å². The smallest absolute Gasteiger partial charge is 0.230 e. The SMILES string of the molecule is CC1(C)CC(N)CC(C)(CN)C1.N=C(N)C1CCCCNC1=O.N=C(N)C1CCCCNC1=O. The summed E-state index contributed by atoms with van der Waals surface area (Å²) < 4.78 is 0. The third-order valence-electron chi connectivity index (χ3n) is 6.79. The first-order chi connectivity index (χ1) is 15.8. The average Bonchev–Trinajstić information content (AvgIpc) is 3.06. The van der Waals surface area contributed by atoms with Crippen LogP contribution in [-0.2, 0) is 9.59 Å². The Balaban J connectivity index is 0.000000255. The van der Waals surface area contributed by atoms with Gasteiger partial charge in [0, 0.05) is 19.1 Å². The van der Waals surface area contributed by atoms with Crippen molar-refractivity contribution in [3.05, 3.63) is 0 Å². The number of nitrogens with one attached hydrogen (secondary N) is 4. The van der Waals surface area contributed by atoms with Crippen molar-refractivity contribution in [2.45, 2.75) is 84.6 Å². The van der Waals surface area contributed by atoms with Gasteiger partial charge in [0.2, 0.25) is 11.8 Å². The molecule has 1 aliphatic carbocycles. The monoisotopic (exact) mass is 480 g/mol. The third-order valence-corrected chi connectivity index (χ3v) is 6.79. The van der Waals surface area contributed by atoms with Crippen LogP contribution in [0.3, 0.4) is 0 Å². The van der Waals surface area contributed by atoms with Gasteiger partial charge in [-0.3, -0.25) is 20.4 Å². The predicted octanol–water partition coefficient (Wildman–Crippen LogP) is 1.17. The number of amides is 2. The van der Waals surface area contributed by atoms with Crippen LogP contribution < -0.4 is 33.6 Å². The van der Waals surface area contributed by atoms with Crippen LogP contribution in [0.15, 0.2) is 0 Å². The van der Waals surface area contributed by atoms with Crippen molar-refractivity contribution in [1.29, 1.82) is 10.8 Å². The van der Waals surface area contributed by atoms with Gasteiger partial charge in [0.25, 0.3) is 0 Å². The van der Waals surface area contributed by atoms with Gasteiger partial charge in [0.05, 0.1) is 11.8 Å². The zero-order valence-electron chi connectivity index (χ0n) is 21.3. The lowest BCUT2D eigenvalue weighted by atomic mass is 9.63. The lowest BCUT2D eigenvalue weighted by Crippen LogP contribution is -2.45. The molecule has 0 aromatic rings. The lowest BCUT2D eigenvalue weighted by Gasteiger charge is -2.45. The highest BCUT2D eigenvalue weighted by atomic mass is 16.2. The van der Waals surface area contributed by atoms with E-state index in [4.69, 9.17) is 33.8 Å². The van der Waals surface area contributed by atoms with Gasteiger partial charge in [0.15, 0.2) is 0 Å². The molecule has 3 aliphatic rings. The molecule has 10 heteroatoms. The van der Waals surface area contributed by atoms with E-state index in [0.717, 1.165) is 71.0 Å². The van der Waals surface area contributed by atoms with E-state index >= 15 is 0 Å². The van der Waals surface area contributed by atoms with Gasteiger partial charge in [0.1, 0.15) is 11.7 Å². The highest BCUT2D eigenvalue weighted by molar-refractivity contribution is 6.01. The summed E-state index contributed by atoms with van der Waals surface area (Å²) in [6, 6.07) is 0.349. The Morgan fingerprint density at radius 2 is 1.32 bits per heavy atom. The topological polar surface area (TPSA) is 210 Å². The second kappa shape index (κ2) is 13.6. The maximum atomic E-state index is 11.1. The highest BCUT2D eigenvalue weighted by Crippen LogP contribution is 2.44. The first-order valence-electron chi connectivity index (χ1n) is 12.5. The van der Waals surface area contributed by atoms with Gasteiger partial charge in [-0.05, 0) is 62.3 Å². The van der Waals surface area contributed by atoms with E-state index in [-0.39, 0.29) is 40.7 Å². The molecule has 4 atom stereocenters. The summed E-state index contributed by atoms with van der Waals surface area (Å²) >= 11 is 0. The number of carbonyl (C=O) groups is 2. The van der Waals surface area contributed by atoms with Crippen LogP contribution in [-0.4, -0.2) is 49.2 Å². The average molecular weight is 481 g/mol. The Morgan fingerprint density at radius 3 is 1.68 bits per heavy atom. The summed E-state index contributed by atoms with van der Waals surface area (Å²) in [5, 5.41) is 19.7. The second-order valence-electron chi connectivity index (χ2n) is 11.1. The molecule has 196 valence electrons. The van der Waals surface area contributed by atoms with E-state index in [1.54, 1.807) is 0 Å². The largest absolute Gasteiger partial charge is 0.387 e. The number of carbonyl (C=O) groups excluding carboxylic acids is 2. The molecule has 3 rings (SSSR count). The molecule has 12 N–H and O–H groups in total. The molecule has 0 aromatic carbocycles. The van der Waals surface area contributed by atoms with Crippen molar-refractivity contribution in [3.8, 4) is 0 Å². The van der Waals surface area contributed by atoms with E-state index in [9.17, 15) is 9.59 Å². The molecule has 0 spiro atoms. The lowest BCUT2D eigenvalue weighted by molar-refractivity contribution is -0.123.